The van der Waals surface area contributed by atoms with Gasteiger partial charge in [0.2, 0.25) is 0 Å². The maximum absolute atomic E-state index is 12.1. The Labute approximate surface area is 122 Å². The SMILES string of the molecule is CCS(=O)(=O)c1ccc2oc(=O)n(C3CCNCC3)c2c1. The number of sulfone groups is 1. The maximum Gasteiger partial charge on any atom is 0.420 e. The van der Waals surface area contributed by atoms with Crippen LogP contribution in [0.1, 0.15) is 25.8 Å². The molecule has 1 N–H and O–H groups in total. The van der Waals surface area contributed by atoms with Gasteiger partial charge in [0.1, 0.15) is 0 Å². The lowest BCUT2D eigenvalue weighted by molar-refractivity contribution is 0.349. The standard InChI is InChI=1S/C14H18N2O4S/c1-2-21(18,19)11-3-4-13-12(9-11)16(14(17)20-13)10-5-7-15-8-6-10/h3-4,9-10,15H,2,5-8H2,1H3. The Balaban J connectivity index is 2.17. The smallest absolute Gasteiger partial charge is 0.408 e. The van der Waals surface area contributed by atoms with E-state index in [1.165, 1.54) is 6.07 Å². The van der Waals surface area contributed by atoms with Crippen LogP contribution in [0.4, 0.5) is 0 Å². The summed E-state index contributed by atoms with van der Waals surface area (Å²) in [6.07, 6.45) is 1.67. The number of fused-ring (bicyclic) bond motifs is 1. The van der Waals surface area contributed by atoms with Crippen molar-refractivity contribution in [2.24, 2.45) is 0 Å². The van der Waals surface area contributed by atoms with Crippen LogP contribution in [0.25, 0.3) is 11.1 Å². The minimum absolute atomic E-state index is 0.0357. The highest BCUT2D eigenvalue weighted by atomic mass is 32.2. The maximum atomic E-state index is 12.1. The van der Waals surface area contributed by atoms with Crippen molar-refractivity contribution >= 4 is 20.9 Å². The quantitative estimate of drug-likeness (QED) is 0.924. The fourth-order valence-corrected chi connectivity index (χ4v) is 3.68. The Kier molecular flexibility index (Phi) is 3.62. The van der Waals surface area contributed by atoms with Gasteiger partial charge in [-0.25, -0.2) is 13.2 Å². The van der Waals surface area contributed by atoms with Crippen molar-refractivity contribution in [2.45, 2.75) is 30.7 Å². The average Bonchev–Trinajstić information content (AvgIpc) is 2.83. The zero-order chi connectivity index (χ0) is 15.0. The second-order valence-electron chi connectivity index (χ2n) is 5.25. The molecule has 6 nitrogen and oxygen atoms in total. The van der Waals surface area contributed by atoms with Crippen molar-refractivity contribution in [3.63, 3.8) is 0 Å². The third-order valence-electron chi connectivity index (χ3n) is 4.00. The van der Waals surface area contributed by atoms with Crippen molar-refractivity contribution in [1.29, 1.82) is 0 Å². The third-order valence-corrected chi connectivity index (χ3v) is 5.73. The zero-order valence-corrected chi connectivity index (χ0v) is 12.6. The molecule has 1 saturated heterocycles. The van der Waals surface area contributed by atoms with E-state index in [1.54, 1.807) is 23.6 Å². The molecular formula is C14H18N2O4S. The molecular weight excluding hydrogens is 292 g/mol. The van der Waals surface area contributed by atoms with Crippen LogP contribution in [-0.4, -0.2) is 31.8 Å². The topological polar surface area (TPSA) is 81.3 Å². The van der Waals surface area contributed by atoms with Gasteiger partial charge in [0.05, 0.1) is 16.2 Å². The van der Waals surface area contributed by atoms with E-state index in [4.69, 9.17) is 4.42 Å². The van der Waals surface area contributed by atoms with E-state index in [-0.39, 0.29) is 16.7 Å². The molecule has 1 fully saturated rings. The molecule has 1 aliphatic heterocycles. The van der Waals surface area contributed by atoms with Crippen molar-refractivity contribution in [3.8, 4) is 0 Å². The molecule has 1 aromatic heterocycles. The number of hydrogen-bond acceptors (Lipinski definition) is 5. The highest BCUT2D eigenvalue weighted by Crippen LogP contribution is 2.25. The first-order valence-electron chi connectivity index (χ1n) is 7.11. The fraction of sp³-hybridized carbons (Fsp3) is 0.500. The van der Waals surface area contributed by atoms with Crippen LogP contribution in [0.5, 0.6) is 0 Å². The lowest BCUT2D eigenvalue weighted by Crippen LogP contribution is -2.32. The van der Waals surface area contributed by atoms with Gasteiger partial charge in [-0.3, -0.25) is 4.57 Å². The van der Waals surface area contributed by atoms with Crippen LogP contribution in [0.2, 0.25) is 0 Å². The molecule has 0 bridgehead atoms. The summed E-state index contributed by atoms with van der Waals surface area (Å²) < 4.78 is 30.9. The predicted octanol–water partition coefficient (Wildman–Crippen LogP) is 1.31. The van der Waals surface area contributed by atoms with E-state index < -0.39 is 15.6 Å². The Hall–Kier alpha value is -1.60. The van der Waals surface area contributed by atoms with Crippen LogP contribution in [0, 0.1) is 0 Å². The van der Waals surface area contributed by atoms with Gasteiger partial charge in [0.25, 0.3) is 0 Å². The van der Waals surface area contributed by atoms with Crippen LogP contribution in [-0.2, 0) is 9.84 Å². The highest BCUT2D eigenvalue weighted by Gasteiger charge is 2.22. The number of piperidine rings is 1. The average molecular weight is 310 g/mol. The lowest BCUT2D eigenvalue weighted by Gasteiger charge is -2.23. The Bertz CT molecular complexity index is 813. The van der Waals surface area contributed by atoms with Gasteiger partial charge in [0.15, 0.2) is 15.4 Å². The van der Waals surface area contributed by atoms with Gasteiger partial charge in [-0.1, -0.05) is 6.92 Å². The number of nitrogens with zero attached hydrogens (tertiary/aromatic N) is 1. The van der Waals surface area contributed by atoms with Crippen molar-refractivity contribution in [2.75, 3.05) is 18.8 Å². The number of nitrogens with one attached hydrogen (secondary N) is 1. The van der Waals surface area contributed by atoms with Gasteiger partial charge < -0.3 is 9.73 Å². The van der Waals surface area contributed by atoms with E-state index in [9.17, 15) is 13.2 Å². The van der Waals surface area contributed by atoms with Gasteiger partial charge in [-0.2, -0.15) is 0 Å². The number of aromatic nitrogens is 1. The molecule has 0 aliphatic carbocycles. The van der Waals surface area contributed by atoms with Crippen LogP contribution >= 0.6 is 0 Å². The molecule has 0 radical (unpaired) electrons. The summed E-state index contributed by atoms with van der Waals surface area (Å²) in [5, 5.41) is 3.25. The largest absolute Gasteiger partial charge is 0.420 e. The van der Waals surface area contributed by atoms with E-state index in [0.717, 1.165) is 25.9 Å². The molecule has 0 atom stereocenters. The Morgan fingerprint density at radius 1 is 1.33 bits per heavy atom. The van der Waals surface area contributed by atoms with E-state index in [0.29, 0.717) is 11.1 Å². The zero-order valence-electron chi connectivity index (χ0n) is 11.8. The van der Waals surface area contributed by atoms with Gasteiger partial charge in [-0.15, -0.1) is 0 Å². The molecule has 2 aromatic rings. The fourth-order valence-electron chi connectivity index (χ4n) is 2.78. The molecule has 0 spiro atoms. The Morgan fingerprint density at radius 3 is 2.71 bits per heavy atom. The first-order chi connectivity index (χ1) is 10.0. The van der Waals surface area contributed by atoms with Crippen molar-refractivity contribution in [1.82, 2.24) is 9.88 Å². The summed E-state index contributed by atoms with van der Waals surface area (Å²) in [6, 6.07) is 4.68. The normalized spacial score (nSPS) is 17.4. The van der Waals surface area contributed by atoms with E-state index >= 15 is 0 Å². The summed E-state index contributed by atoms with van der Waals surface area (Å²) in [4.78, 5) is 12.3. The number of hydrogen-bond donors (Lipinski definition) is 1. The lowest BCUT2D eigenvalue weighted by atomic mass is 10.1. The Morgan fingerprint density at radius 2 is 2.05 bits per heavy atom. The monoisotopic (exact) mass is 310 g/mol. The second-order valence-corrected chi connectivity index (χ2v) is 7.53. The molecule has 21 heavy (non-hydrogen) atoms. The molecule has 2 heterocycles. The van der Waals surface area contributed by atoms with E-state index in [1.807, 2.05) is 0 Å². The minimum atomic E-state index is -3.30. The summed E-state index contributed by atoms with van der Waals surface area (Å²) in [5.74, 6) is -0.378. The molecule has 3 rings (SSSR count). The van der Waals surface area contributed by atoms with Crippen LogP contribution in [0.15, 0.2) is 32.3 Å². The molecule has 1 aromatic carbocycles. The van der Waals surface area contributed by atoms with Gasteiger partial charge in [0, 0.05) is 6.04 Å². The number of benzene rings is 1. The van der Waals surface area contributed by atoms with Crippen LogP contribution < -0.4 is 11.1 Å². The molecule has 7 heteroatoms. The predicted molar refractivity (Wildman–Crippen MR) is 79.3 cm³/mol. The van der Waals surface area contributed by atoms with Crippen molar-refractivity contribution in [3.05, 3.63) is 28.7 Å². The first-order valence-corrected chi connectivity index (χ1v) is 8.76. The molecule has 0 unspecified atom stereocenters. The highest BCUT2D eigenvalue weighted by molar-refractivity contribution is 7.91. The summed E-state index contributed by atoms with van der Waals surface area (Å²) >= 11 is 0. The van der Waals surface area contributed by atoms with Crippen LogP contribution in [0.3, 0.4) is 0 Å². The summed E-state index contributed by atoms with van der Waals surface area (Å²) in [7, 11) is -3.30. The molecule has 0 amide bonds. The molecule has 1 aliphatic rings. The molecule has 0 saturated carbocycles. The van der Waals surface area contributed by atoms with Gasteiger partial charge in [-0.05, 0) is 44.1 Å². The molecule has 114 valence electrons. The summed E-state index contributed by atoms with van der Waals surface area (Å²) in [6.45, 7) is 3.29. The van der Waals surface area contributed by atoms with Crippen molar-refractivity contribution < 1.29 is 12.8 Å². The minimum Gasteiger partial charge on any atom is -0.408 e. The number of oxazole rings is 1. The number of rotatable bonds is 3. The third kappa shape index (κ3) is 2.51. The van der Waals surface area contributed by atoms with Gasteiger partial charge >= 0.3 is 5.76 Å². The second kappa shape index (κ2) is 5.31. The first kappa shape index (κ1) is 14.3. The van der Waals surface area contributed by atoms with E-state index in [2.05, 4.69) is 5.32 Å². The summed E-state index contributed by atoms with van der Waals surface area (Å²) in [5.41, 5.74) is 1.01.